The van der Waals surface area contributed by atoms with Crippen LogP contribution in [0.1, 0.15) is 24.0 Å². The molecule has 154 valence electrons. The summed E-state index contributed by atoms with van der Waals surface area (Å²) in [5.41, 5.74) is -0.299. The Morgan fingerprint density at radius 1 is 1.24 bits per heavy atom. The van der Waals surface area contributed by atoms with Crippen molar-refractivity contribution >= 4 is 29.2 Å². The molecule has 10 heteroatoms. The number of urea groups is 1. The number of carbonyl (C=O) groups excluding carboxylic acids is 2. The number of anilines is 1. The number of rotatable bonds is 4. The lowest BCUT2D eigenvalue weighted by atomic mass is 10.1. The van der Waals surface area contributed by atoms with Gasteiger partial charge in [-0.25, -0.2) is 4.79 Å². The molecule has 1 aromatic heterocycles. The molecule has 0 spiro atoms. The highest BCUT2D eigenvalue weighted by molar-refractivity contribution is 6.32. The lowest BCUT2D eigenvalue weighted by Gasteiger charge is -2.24. The minimum Gasteiger partial charge on any atom is -0.334 e. The Balaban J connectivity index is 1.64. The van der Waals surface area contributed by atoms with Gasteiger partial charge in [0.2, 0.25) is 5.91 Å². The van der Waals surface area contributed by atoms with E-state index in [9.17, 15) is 22.8 Å². The monoisotopic (exact) mass is 426 g/mol. The van der Waals surface area contributed by atoms with Crippen molar-refractivity contribution < 1.29 is 22.8 Å². The smallest absolute Gasteiger partial charge is 0.334 e. The summed E-state index contributed by atoms with van der Waals surface area (Å²) in [4.78, 5) is 30.3. The third kappa shape index (κ3) is 4.97. The summed E-state index contributed by atoms with van der Waals surface area (Å²) in [7, 11) is 0. The highest BCUT2D eigenvalue weighted by Crippen LogP contribution is 2.36. The summed E-state index contributed by atoms with van der Waals surface area (Å²) in [5.74, 6) is -0.345. The van der Waals surface area contributed by atoms with Gasteiger partial charge in [0, 0.05) is 19.3 Å². The molecule has 29 heavy (non-hydrogen) atoms. The predicted octanol–water partition coefficient (Wildman–Crippen LogP) is 4.07. The third-order valence-corrected chi connectivity index (χ3v) is 5.01. The molecule has 1 atom stereocenters. The molecule has 1 aromatic carbocycles. The summed E-state index contributed by atoms with van der Waals surface area (Å²) in [6.07, 6.45) is -0.384. The van der Waals surface area contributed by atoms with E-state index in [0.29, 0.717) is 25.1 Å². The topological polar surface area (TPSA) is 74.3 Å². The Bertz CT molecular complexity index is 893. The maximum atomic E-state index is 13.0. The van der Waals surface area contributed by atoms with E-state index in [1.807, 2.05) is 0 Å². The SMILES string of the molecule is O=C(Nc1cccnc1)[C@@H]1CCCN1C(=O)NCc1cccc(C(F)(F)F)c1Cl. The van der Waals surface area contributed by atoms with Gasteiger partial charge in [-0.1, -0.05) is 23.7 Å². The van der Waals surface area contributed by atoms with Gasteiger partial charge in [0.15, 0.2) is 0 Å². The Morgan fingerprint density at radius 3 is 2.72 bits per heavy atom. The average Bonchev–Trinajstić information content (AvgIpc) is 3.17. The van der Waals surface area contributed by atoms with Crippen molar-refractivity contribution in [3.63, 3.8) is 0 Å². The number of likely N-dealkylation sites (tertiary alicyclic amines) is 1. The summed E-state index contributed by atoms with van der Waals surface area (Å²) in [6.45, 7) is 0.183. The quantitative estimate of drug-likeness (QED) is 0.774. The van der Waals surface area contributed by atoms with Crippen LogP contribution in [0.25, 0.3) is 0 Å². The van der Waals surface area contributed by atoms with Gasteiger partial charge in [0.25, 0.3) is 0 Å². The standard InChI is InChI=1S/C19H18ClF3N4O2/c20-16-12(4-1-6-14(16)19(21,22)23)10-25-18(29)27-9-3-7-15(27)17(28)26-13-5-2-8-24-11-13/h1-2,4-6,8,11,15H,3,7,9-10H2,(H,25,29)(H,26,28)/t15-/m0/s1. The van der Waals surface area contributed by atoms with Crippen LogP contribution >= 0.6 is 11.6 Å². The van der Waals surface area contributed by atoms with Gasteiger partial charge in [-0.3, -0.25) is 9.78 Å². The lowest BCUT2D eigenvalue weighted by Crippen LogP contribution is -2.47. The number of pyridine rings is 1. The van der Waals surface area contributed by atoms with Crippen molar-refractivity contribution in [2.24, 2.45) is 0 Å². The van der Waals surface area contributed by atoms with Crippen LogP contribution in [-0.2, 0) is 17.5 Å². The number of carbonyl (C=O) groups is 2. The third-order valence-electron chi connectivity index (χ3n) is 4.56. The second-order valence-corrected chi connectivity index (χ2v) is 6.90. The van der Waals surface area contributed by atoms with E-state index in [0.717, 1.165) is 6.07 Å². The van der Waals surface area contributed by atoms with Crippen LogP contribution in [-0.4, -0.2) is 34.4 Å². The lowest BCUT2D eigenvalue weighted by molar-refractivity contribution is -0.137. The summed E-state index contributed by atoms with van der Waals surface area (Å²) in [5, 5.41) is 4.81. The molecule has 3 rings (SSSR count). The normalized spacial score (nSPS) is 16.6. The summed E-state index contributed by atoms with van der Waals surface area (Å²) < 4.78 is 38.9. The number of halogens is 4. The molecular weight excluding hydrogens is 409 g/mol. The number of alkyl halides is 3. The van der Waals surface area contributed by atoms with E-state index in [2.05, 4.69) is 15.6 Å². The first-order valence-electron chi connectivity index (χ1n) is 8.87. The fraction of sp³-hybridized carbons (Fsp3) is 0.316. The molecule has 1 fully saturated rings. The number of aromatic nitrogens is 1. The molecule has 1 saturated heterocycles. The molecule has 0 saturated carbocycles. The summed E-state index contributed by atoms with van der Waals surface area (Å²) >= 11 is 5.85. The van der Waals surface area contributed by atoms with Crippen LogP contribution in [0.5, 0.6) is 0 Å². The minimum atomic E-state index is -4.58. The number of hydrogen-bond acceptors (Lipinski definition) is 3. The van der Waals surface area contributed by atoms with E-state index in [1.54, 1.807) is 18.3 Å². The molecule has 2 heterocycles. The molecule has 1 aliphatic rings. The maximum Gasteiger partial charge on any atom is 0.417 e. The number of benzene rings is 1. The largest absolute Gasteiger partial charge is 0.417 e. The van der Waals surface area contributed by atoms with Crippen LogP contribution in [0.2, 0.25) is 5.02 Å². The zero-order valence-electron chi connectivity index (χ0n) is 15.2. The average molecular weight is 427 g/mol. The van der Waals surface area contributed by atoms with E-state index in [1.165, 1.54) is 23.2 Å². The van der Waals surface area contributed by atoms with E-state index < -0.39 is 28.8 Å². The van der Waals surface area contributed by atoms with Crippen LogP contribution < -0.4 is 10.6 Å². The van der Waals surface area contributed by atoms with Crippen molar-refractivity contribution in [1.82, 2.24) is 15.2 Å². The Labute approximate surface area is 170 Å². The number of nitrogens with one attached hydrogen (secondary N) is 2. The van der Waals surface area contributed by atoms with Gasteiger partial charge in [0.05, 0.1) is 22.5 Å². The molecule has 0 unspecified atom stereocenters. The highest BCUT2D eigenvalue weighted by atomic mass is 35.5. The number of nitrogens with zero attached hydrogens (tertiary/aromatic N) is 2. The van der Waals surface area contributed by atoms with E-state index in [4.69, 9.17) is 11.6 Å². The van der Waals surface area contributed by atoms with Crippen LogP contribution in [0.3, 0.4) is 0 Å². The Kier molecular flexibility index (Phi) is 6.26. The molecule has 1 aliphatic heterocycles. The van der Waals surface area contributed by atoms with Gasteiger partial charge in [-0.05, 0) is 36.6 Å². The van der Waals surface area contributed by atoms with Gasteiger partial charge < -0.3 is 15.5 Å². The molecule has 6 nitrogen and oxygen atoms in total. The Morgan fingerprint density at radius 2 is 2.03 bits per heavy atom. The second kappa shape index (κ2) is 8.69. The molecule has 2 aromatic rings. The zero-order valence-corrected chi connectivity index (χ0v) is 15.9. The van der Waals surface area contributed by atoms with Crippen LogP contribution in [0.4, 0.5) is 23.7 Å². The fourth-order valence-corrected chi connectivity index (χ4v) is 3.45. The molecule has 3 amide bonds. The van der Waals surface area contributed by atoms with Gasteiger partial charge >= 0.3 is 12.2 Å². The van der Waals surface area contributed by atoms with Gasteiger partial charge in [-0.15, -0.1) is 0 Å². The van der Waals surface area contributed by atoms with Crippen molar-refractivity contribution in [3.8, 4) is 0 Å². The summed E-state index contributed by atoms with van der Waals surface area (Å²) in [6, 6.07) is 5.67. The van der Waals surface area contributed by atoms with Crippen molar-refractivity contribution in [1.29, 1.82) is 0 Å². The highest BCUT2D eigenvalue weighted by Gasteiger charge is 2.35. The second-order valence-electron chi connectivity index (χ2n) is 6.52. The first-order chi connectivity index (χ1) is 13.8. The fourth-order valence-electron chi connectivity index (χ4n) is 3.15. The predicted molar refractivity (Wildman–Crippen MR) is 101 cm³/mol. The van der Waals surface area contributed by atoms with Crippen LogP contribution in [0, 0.1) is 0 Å². The van der Waals surface area contributed by atoms with Crippen molar-refractivity contribution in [3.05, 3.63) is 58.9 Å². The Hall–Kier alpha value is -2.81. The number of amides is 3. The maximum absolute atomic E-state index is 13.0. The van der Waals surface area contributed by atoms with Gasteiger partial charge in [-0.2, -0.15) is 13.2 Å². The minimum absolute atomic E-state index is 0.144. The molecule has 2 N–H and O–H groups in total. The zero-order chi connectivity index (χ0) is 21.0. The first kappa shape index (κ1) is 20.9. The van der Waals surface area contributed by atoms with Crippen molar-refractivity contribution in [2.45, 2.75) is 31.6 Å². The van der Waals surface area contributed by atoms with Gasteiger partial charge in [0.1, 0.15) is 6.04 Å². The van der Waals surface area contributed by atoms with Crippen molar-refractivity contribution in [2.75, 3.05) is 11.9 Å². The molecular formula is C19H18ClF3N4O2. The van der Waals surface area contributed by atoms with E-state index >= 15 is 0 Å². The van der Waals surface area contributed by atoms with E-state index in [-0.39, 0.29) is 18.0 Å². The molecule has 0 bridgehead atoms. The first-order valence-corrected chi connectivity index (χ1v) is 9.25. The molecule has 0 radical (unpaired) electrons. The number of hydrogen-bond donors (Lipinski definition) is 2. The molecule has 0 aliphatic carbocycles. The van der Waals surface area contributed by atoms with Crippen LogP contribution in [0.15, 0.2) is 42.7 Å².